The molecule has 0 amide bonds. The Morgan fingerprint density at radius 2 is 1.43 bits per heavy atom. The number of hydrogen-bond donors (Lipinski definition) is 1. The van der Waals surface area contributed by atoms with E-state index in [1.165, 1.54) is 30.3 Å². The average molecular weight is 373 g/mol. The third-order valence-corrected chi connectivity index (χ3v) is 8.07. The molecule has 1 aliphatic rings. The van der Waals surface area contributed by atoms with Gasteiger partial charge in [-0.2, -0.15) is 0 Å². The fourth-order valence-corrected chi connectivity index (χ4v) is 6.93. The van der Waals surface area contributed by atoms with Crippen LogP contribution >= 0.6 is 11.6 Å². The largest absolute Gasteiger partial charge is 0.396 e. The van der Waals surface area contributed by atoms with E-state index in [4.69, 9.17) is 11.6 Å². The van der Waals surface area contributed by atoms with Crippen molar-refractivity contribution in [2.24, 2.45) is 0 Å². The number of fused-ring (bicyclic) bond motifs is 2. The molecule has 0 saturated heterocycles. The molecule has 1 unspecified atom stereocenters. The summed E-state index contributed by atoms with van der Waals surface area (Å²) in [6.45, 7) is 1.55. The standard InChI is InChI=1S/C15H13ClO5S2/c1-9(8-17)10-2-4-12-14(6-10)22(18,19)13-5-3-11(16)7-15(13)23(12,20)21/h2-7,9,17H,8H2,1H3. The van der Waals surface area contributed by atoms with Crippen molar-refractivity contribution in [3.63, 3.8) is 0 Å². The summed E-state index contributed by atoms with van der Waals surface area (Å²) in [4.78, 5) is -1.10. The first-order valence-corrected chi connectivity index (χ1v) is 10.1. The molecule has 2 aromatic carbocycles. The molecule has 122 valence electrons. The number of rotatable bonds is 2. The first-order valence-electron chi connectivity index (χ1n) is 6.74. The van der Waals surface area contributed by atoms with Crippen molar-refractivity contribution in [3.8, 4) is 0 Å². The highest BCUT2D eigenvalue weighted by Crippen LogP contribution is 2.42. The van der Waals surface area contributed by atoms with Crippen LogP contribution in [0.2, 0.25) is 5.02 Å². The van der Waals surface area contributed by atoms with Crippen molar-refractivity contribution in [2.75, 3.05) is 6.61 Å². The minimum absolute atomic E-state index is 0.150. The Labute approximate surface area is 139 Å². The van der Waals surface area contributed by atoms with Gasteiger partial charge in [0.25, 0.3) is 0 Å². The van der Waals surface area contributed by atoms with Crippen molar-refractivity contribution >= 4 is 31.3 Å². The van der Waals surface area contributed by atoms with E-state index in [1.807, 2.05) is 0 Å². The minimum atomic E-state index is -3.97. The fourth-order valence-electron chi connectivity index (χ4n) is 2.52. The third-order valence-electron chi connectivity index (χ3n) is 3.87. The zero-order chi connectivity index (χ0) is 17.0. The molecule has 3 rings (SSSR count). The van der Waals surface area contributed by atoms with E-state index in [0.717, 1.165) is 6.07 Å². The second-order valence-electron chi connectivity index (χ2n) is 5.39. The number of benzene rings is 2. The van der Waals surface area contributed by atoms with Gasteiger partial charge in [0.05, 0.1) is 19.6 Å². The van der Waals surface area contributed by atoms with Crippen LogP contribution in [0.1, 0.15) is 18.4 Å². The van der Waals surface area contributed by atoms with Crippen LogP contribution in [0.4, 0.5) is 0 Å². The molecule has 0 bridgehead atoms. The molecule has 0 spiro atoms. The predicted octanol–water partition coefficient (Wildman–Crippen LogP) is 2.41. The van der Waals surface area contributed by atoms with Crippen LogP contribution in [0.15, 0.2) is 56.0 Å². The van der Waals surface area contributed by atoms with Crippen LogP contribution in [0.3, 0.4) is 0 Å². The second kappa shape index (κ2) is 5.31. The Bertz CT molecular complexity index is 1010. The molecule has 8 heteroatoms. The highest BCUT2D eigenvalue weighted by molar-refractivity contribution is 7.97. The number of aliphatic hydroxyl groups excluding tert-OH is 1. The second-order valence-corrected chi connectivity index (χ2v) is 9.60. The molecule has 1 heterocycles. The van der Waals surface area contributed by atoms with Gasteiger partial charge in [-0.3, -0.25) is 0 Å². The van der Waals surface area contributed by atoms with Crippen LogP contribution < -0.4 is 0 Å². The van der Waals surface area contributed by atoms with E-state index in [9.17, 15) is 21.9 Å². The molecular formula is C15H13ClO5S2. The van der Waals surface area contributed by atoms with E-state index in [1.54, 1.807) is 6.92 Å². The summed E-state index contributed by atoms with van der Waals surface area (Å²) < 4.78 is 51.0. The summed E-state index contributed by atoms with van der Waals surface area (Å²) in [6, 6.07) is 7.81. The molecule has 5 nitrogen and oxygen atoms in total. The Hall–Kier alpha value is -1.41. The Kier molecular flexibility index (Phi) is 3.79. The summed E-state index contributed by atoms with van der Waals surface area (Å²) >= 11 is 5.82. The van der Waals surface area contributed by atoms with E-state index < -0.39 is 19.7 Å². The molecule has 2 aromatic rings. The Balaban J connectivity index is 2.39. The van der Waals surface area contributed by atoms with Crippen molar-refractivity contribution in [1.29, 1.82) is 0 Å². The third kappa shape index (κ3) is 2.39. The normalized spacial score (nSPS) is 18.7. The van der Waals surface area contributed by atoms with Crippen molar-refractivity contribution in [2.45, 2.75) is 32.4 Å². The summed E-state index contributed by atoms with van der Waals surface area (Å²) in [6.07, 6.45) is 0. The van der Waals surface area contributed by atoms with Crippen LogP contribution in [0, 0.1) is 0 Å². The molecule has 0 aromatic heterocycles. The summed E-state index contributed by atoms with van der Waals surface area (Å²) in [7, 11) is -7.94. The maximum atomic E-state index is 12.8. The lowest BCUT2D eigenvalue weighted by atomic mass is 10.0. The van der Waals surface area contributed by atoms with Gasteiger partial charge in [0.2, 0.25) is 19.7 Å². The fraction of sp³-hybridized carbons (Fsp3) is 0.200. The minimum Gasteiger partial charge on any atom is -0.396 e. The van der Waals surface area contributed by atoms with Gasteiger partial charge in [-0.1, -0.05) is 24.6 Å². The predicted molar refractivity (Wildman–Crippen MR) is 84.3 cm³/mol. The van der Waals surface area contributed by atoms with Gasteiger partial charge < -0.3 is 5.11 Å². The first kappa shape index (κ1) is 16.4. The monoisotopic (exact) mass is 372 g/mol. The van der Waals surface area contributed by atoms with Gasteiger partial charge in [-0.05, 0) is 35.9 Å². The Morgan fingerprint density at radius 3 is 2.00 bits per heavy atom. The lowest BCUT2D eigenvalue weighted by Gasteiger charge is -2.21. The molecule has 0 saturated carbocycles. The maximum absolute atomic E-state index is 12.8. The van der Waals surface area contributed by atoms with Crippen LogP contribution in [0.5, 0.6) is 0 Å². The lowest BCUT2D eigenvalue weighted by molar-refractivity contribution is 0.273. The summed E-state index contributed by atoms with van der Waals surface area (Å²) in [5, 5.41) is 9.38. The van der Waals surface area contributed by atoms with Crippen molar-refractivity contribution in [1.82, 2.24) is 0 Å². The quantitative estimate of drug-likeness (QED) is 0.746. The van der Waals surface area contributed by atoms with Crippen LogP contribution in [0.25, 0.3) is 0 Å². The van der Waals surface area contributed by atoms with Gasteiger partial charge in [-0.15, -0.1) is 0 Å². The van der Waals surface area contributed by atoms with Crippen LogP contribution in [-0.4, -0.2) is 28.5 Å². The summed E-state index contributed by atoms with van der Waals surface area (Å²) in [5.41, 5.74) is 0.558. The molecular weight excluding hydrogens is 360 g/mol. The summed E-state index contributed by atoms with van der Waals surface area (Å²) in [5.74, 6) is -0.301. The lowest BCUT2D eigenvalue weighted by Crippen LogP contribution is -2.20. The zero-order valence-electron chi connectivity index (χ0n) is 12.0. The van der Waals surface area contributed by atoms with E-state index >= 15 is 0 Å². The number of sulfone groups is 2. The smallest absolute Gasteiger partial charge is 0.209 e. The first-order chi connectivity index (χ1) is 10.7. The van der Waals surface area contributed by atoms with Gasteiger partial charge in [0.15, 0.2) is 0 Å². The van der Waals surface area contributed by atoms with E-state index in [-0.39, 0.29) is 37.1 Å². The molecule has 1 atom stereocenters. The Morgan fingerprint density at radius 1 is 0.913 bits per heavy atom. The number of aliphatic hydroxyl groups is 1. The van der Waals surface area contributed by atoms with Crippen molar-refractivity contribution in [3.05, 3.63) is 47.0 Å². The van der Waals surface area contributed by atoms with Gasteiger partial charge >= 0.3 is 0 Å². The highest BCUT2D eigenvalue weighted by Gasteiger charge is 2.39. The van der Waals surface area contributed by atoms with E-state index in [0.29, 0.717) is 5.56 Å². The van der Waals surface area contributed by atoms with Gasteiger partial charge in [-0.25, -0.2) is 16.8 Å². The zero-order valence-corrected chi connectivity index (χ0v) is 14.4. The molecule has 1 aliphatic heterocycles. The van der Waals surface area contributed by atoms with Crippen molar-refractivity contribution < 1.29 is 21.9 Å². The molecule has 0 radical (unpaired) electrons. The topological polar surface area (TPSA) is 88.5 Å². The van der Waals surface area contributed by atoms with E-state index in [2.05, 4.69) is 0 Å². The molecule has 23 heavy (non-hydrogen) atoms. The van der Waals surface area contributed by atoms with Gasteiger partial charge in [0, 0.05) is 17.5 Å². The highest BCUT2D eigenvalue weighted by atomic mass is 35.5. The molecule has 1 N–H and O–H groups in total. The maximum Gasteiger partial charge on any atom is 0.209 e. The average Bonchev–Trinajstić information content (AvgIpc) is 2.52. The molecule has 0 aliphatic carbocycles. The molecule has 0 fully saturated rings. The number of hydrogen-bond acceptors (Lipinski definition) is 5. The van der Waals surface area contributed by atoms with Crippen LogP contribution in [-0.2, 0) is 19.7 Å². The van der Waals surface area contributed by atoms with Gasteiger partial charge in [0.1, 0.15) is 0 Å². The SMILES string of the molecule is CC(CO)c1ccc2c(c1)S(=O)(=O)c1ccc(Cl)cc1S2(=O)=O. The number of halogens is 1.